The number of amides is 1. The molecule has 1 aliphatic rings. The summed E-state index contributed by atoms with van der Waals surface area (Å²) in [6.07, 6.45) is 2.68. The van der Waals surface area contributed by atoms with Gasteiger partial charge in [-0.15, -0.1) is 0 Å². The summed E-state index contributed by atoms with van der Waals surface area (Å²) < 4.78 is 5.73. The zero-order valence-electron chi connectivity index (χ0n) is 9.73. The van der Waals surface area contributed by atoms with Gasteiger partial charge in [0.15, 0.2) is 0 Å². The smallest absolute Gasteiger partial charge is 0.256 e. The molecule has 17 heavy (non-hydrogen) atoms. The van der Waals surface area contributed by atoms with Crippen molar-refractivity contribution in [2.45, 2.75) is 6.42 Å². The Morgan fingerprint density at radius 2 is 2.53 bits per heavy atom. The summed E-state index contributed by atoms with van der Waals surface area (Å²) in [5, 5.41) is 0. The van der Waals surface area contributed by atoms with E-state index in [1.54, 1.807) is 25.4 Å². The highest BCUT2D eigenvalue weighted by molar-refractivity contribution is 9.10. The molecule has 0 radical (unpaired) electrons. The normalized spacial score (nSPS) is 19.6. The number of nitrogens with zero attached hydrogens (tertiary/aromatic N) is 2. The number of aromatic nitrogens is 1. The first-order valence-electron chi connectivity index (χ1n) is 5.61. The van der Waals surface area contributed by atoms with Gasteiger partial charge in [-0.1, -0.05) is 0 Å². The molecule has 1 aromatic heterocycles. The van der Waals surface area contributed by atoms with Crippen LogP contribution in [0.2, 0.25) is 0 Å². The Balaban J connectivity index is 2.05. The topological polar surface area (TPSA) is 42.4 Å². The Morgan fingerprint density at radius 3 is 3.24 bits per heavy atom. The fourth-order valence-electron chi connectivity index (χ4n) is 2.10. The first-order chi connectivity index (χ1) is 8.22. The number of rotatable bonds is 3. The Hall–Kier alpha value is -0.940. The fraction of sp³-hybridized carbons (Fsp3) is 0.500. The van der Waals surface area contributed by atoms with Gasteiger partial charge in [0.25, 0.3) is 5.91 Å². The molecule has 0 N–H and O–H groups in total. The van der Waals surface area contributed by atoms with E-state index in [0.717, 1.165) is 26.1 Å². The number of carbonyl (C=O) groups excluding carboxylic acids is 1. The Bertz CT molecular complexity index is 411. The molecule has 1 aromatic rings. The van der Waals surface area contributed by atoms with Crippen LogP contribution in [0.1, 0.15) is 16.8 Å². The van der Waals surface area contributed by atoms with Gasteiger partial charge in [-0.05, 0) is 34.5 Å². The van der Waals surface area contributed by atoms with Crippen molar-refractivity contribution in [2.75, 3.05) is 26.8 Å². The number of hydrogen-bond acceptors (Lipinski definition) is 3. The third kappa shape index (κ3) is 2.84. The molecule has 0 aliphatic carbocycles. The second-order valence-electron chi connectivity index (χ2n) is 4.20. The van der Waals surface area contributed by atoms with Crippen molar-refractivity contribution in [3.05, 3.63) is 28.5 Å². The zero-order valence-corrected chi connectivity index (χ0v) is 11.3. The maximum Gasteiger partial charge on any atom is 0.256 e. The first kappa shape index (κ1) is 12.5. The minimum atomic E-state index is 0.0450. The van der Waals surface area contributed by atoms with Gasteiger partial charge < -0.3 is 9.64 Å². The minimum absolute atomic E-state index is 0.0450. The summed E-state index contributed by atoms with van der Waals surface area (Å²) in [6.45, 7) is 2.29. The van der Waals surface area contributed by atoms with Crippen LogP contribution in [0.4, 0.5) is 0 Å². The Kier molecular flexibility index (Phi) is 4.12. The maximum atomic E-state index is 12.2. The number of ether oxygens (including phenoxy) is 1. The van der Waals surface area contributed by atoms with Gasteiger partial charge in [-0.25, -0.2) is 4.98 Å². The average molecular weight is 299 g/mol. The highest BCUT2D eigenvalue weighted by atomic mass is 79.9. The van der Waals surface area contributed by atoms with E-state index in [0.29, 0.717) is 16.1 Å². The lowest BCUT2D eigenvalue weighted by Crippen LogP contribution is -2.29. The van der Waals surface area contributed by atoms with Crippen LogP contribution in [0.15, 0.2) is 22.9 Å². The standard InChI is InChI=1S/C12H15BrN2O2/c1-17-8-9-4-6-15(7-9)12(16)10-3-2-5-14-11(10)13/h2-3,5,9H,4,6-8H2,1H3. The highest BCUT2D eigenvalue weighted by Gasteiger charge is 2.27. The quantitative estimate of drug-likeness (QED) is 0.801. The second kappa shape index (κ2) is 5.60. The summed E-state index contributed by atoms with van der Waals surface area (Å²) in [4.78, 5) is 18.2. The predicted molar refractivity (Wildman–Crippen MR) is 67.8 cm³/mol. The molecular formula is C12H15BrN2O2. The van der Waals surface area contributed by atoms with Crippen molar-refractivity contribution >= 4 is 21.8 Å². The van der Waals surface area contributed by atoms with Crippen LogP contribution in [0, 0.1) is 5.92 Å². The van der Waals surface area contributed by atoms with Crippen molar-refractivity contribution in [3.63, 3.8) is 0 Å². The summed E-state index contributed by atoms with van der Waals surface area (Å²) in [5.74, 6) is 0.503. The maximum absolute atomic E-state index is 12.2. The van der Waals surface area contributed by atoms with E-state index in [1.165, 1.54) is 0 Å². The molecule has 1 unspecified atom stereocenters. The summed E-state index contributed by atoms with van der Waals surface area (Å²) >= 11 is 3.31. The van der Waals surface area contributed by atoms with E-state index in [-0.39, 0.29) is 5.91 Å². The number of pyridine rings is 1. The molecule has 1 aliphatic heterocycles. The van der Waals surface area contributed by atoms with Gasteiger partial charge in [0.05, 0.1) is 12.2 Å². The Morgan fingerprint density at radius 1 is 1.71 bits per heavy atom. The summed E-state index contributed by atoms with van der Waals surface area (Å²) in [6, 6.07) is 3.57. The van der Waals surface area contributed by atoms with Crippen LogP contribution in [0.5, 0.6) is 0 Å². The van der Waals surface area contributed by atoms with E-state index in [1.807, 2.05) is 4.90 Å². The fourth-order valence-corrected chi connectivity index (χ4v) is 2.52. The van der Waals surface area contributed by atoms with Gasteiger partial charge in [-0.2, -0.15) is 0 Å². The van der Waals surface area contributed by atoms with Crippen LogP contribution in [0.3, 0.4) is 0 Å². The number of carbonyl (C=O) groups is 1. The number of hydrogen-bond donors (Lipinski definition) is 0. The molecule has 1 fully saturated rings. The molecule has 1 amide bonds. The number of likely N-dealkylation sites (tertiary alicyclic amines) is 1. The van der Waals surface area contributed by atoms with Crippen LogP contribution in [0.25, 0.3) is 0 Å². The predicted octanol–water partition coefficient (Wildman–Crippen LogP) is 1.95. The molecule has 0 bridgehead atoms. The zero-order chi connectivity index (χ0) is 12.3. The molecule has 1 atom stereocenters. The number of halogens is 1. The third-order valence-corrected chi connectivity index (χ3v) is 3.60. The second-order valence-corrected chi connectivity index (χ2v) is 4.95. The van der Waals surface area contributed by atoms with Crippen LogP contribution >= 0.6 is 15.9 Å². The molecule has 0 saturated carbocycles. The van der Waals surface area contributed by atoms with Gasteiger partial charge in [0.1, 0.15) is 4.60 Å². The molecule has 2 heterocycles. The van der Waals surface area contributed by atoms with E-state index in [4.69, 9.17) is 4.74 Å². The molecule has 2 rings (SSSR count). The molecule has 0 spiro atoms. The summed E-state index contributed by atoms with van der Waals surface area (Å²) in [7, 11) is 1.70. The molecule has 1 saturated heterocycles. The van der Waals surface area contributed by atoms with E-state index < -0.39 is 0 Å². The van der Waals surface area contributed by atoms with Gasteiger partial charge in [-0.3, -0.25) is 4.79 Å². The van der Waals surface area contributed by atoms with E-state index in [2.05, 4.69) is 20.9 Å². The average Bonchev–Trinajstić information content (AvgIpc) is 2.78. The minimum Gasteiger partial charge on any atom is -0.384 e. The number of methoxy groups -OCH3 is 1. The molecular weight excluding hydrogens is 284 g/mol. The van der Waals surface area contributed by atoms with E-state index in [9.17, 15) is 4.79 Å². The van der Waals surface area contributed by atoms with Crippen molar-refractivity contribution < 1.29 is 9.53 Å². The van der Waals surface area contributed by atoms with Crippen molar-refractivity contribution in [1.29, 1.82) is 0 Å². The lowest BCUT2D eigenvalue weighted by Gasteiger charge is -2.16. The van der Waals surface area contributed by atoms with Crippen molar-refractivity contribution in [1.82, 2.24) is 9.88 Å². The van der Waals surface area contributed by atoms with Crippen LogP contribution < -0.4 is 0 Å². The van der Waals surface area contributed by atoms with E-state index >= 15 is 0 Å². The lowest BCUT2D eigenvalue weighted by molar-refractivity contribution is 0.0774. The van der Waals surface area contributed by atoms with Gasteiger partial charge in [0, 0.05) is 32.3 Å². The van der Waals surface area contributed by atoms with Crippen LogP contribution in [-0.2, 0) is 4.74 Å². The summed E-state index contributed by atoms with van der Waals surface area (Å²) in [5.41, 5.74) is 0.630. The van der Waals surface area contributed by atoms with Crippen molar-refractivity contribution in [3.8, 4) is 0 Å². The molecule has 4 nitrogen and oxygen atoms in total. The van der Waals surface area contributed by atoms with Crippen LogP contribution in [-0.4, -0.2) is 42.6 Å². The molecule has 5 heteroatoms. The molecule has 92 valence electrons. The monoisotopic (exact) mass is 298 g/mol. The third-order valence-electron chi connectivity index (χ3n) is 2.96. The first-order valence-corrected chi connectivity index (χ1v) is 6.40. The molecule has 0 aromatic carbocycles. The lowest BCUT2D eigenvalue weighted by atomic mass is 10.1. The SMILES string of the molecule is COCC1CCN(C(=O)c2cccnc2Br)C1. The Labute approximate surface area is 109 Å². The van der Waals surface area contributed by atoms with Gasteiger partial charge in [0.2, 0.25) is 0 Å². The largest absolute Gasteiger partial charge is 0.384 e. The van der Waals surface area contributed by atoms with Crippen molar-refractivity contribution in [2.24, 2.45) is 5.92 Å². The highest BCUT2D eigenvalue weighted by Crippen LogP contribution is 2.21. The van der Waals surface area contributed by atoms with Gasteiger partial charge >= 0.3 is 0 Å².